The van der Waals surface area contributed by atoms with E-state index in [1.807, 2.05) is 12.3 Å². The first kappa shape index (κ1) is 5.22. The predicted octanol–water partition coefficient (Wildman–Crippen LogP) is 0.232. The molecule has 0 saturated heterocycles. The minimum Gasteiger partial charge on any atom is -0.275 e. The SMILES string of the molecule is C=C1N=C2N=CC=CN2N1. The van der Waals surface area contributed by atoms with E-state index < -0.39 is 0 Å². The summed E-state index contributed by atoms with van der Waals surface area (Å²) in [5.74, 6) is 1.27. The van der Waals surface area contributed by atoms with E-state index in [0.29, 0.717) is 11.8 Å². The molecule has 4 nitrogen and oxygen atoms in total. The van der Waals surface area contributed by atoms with Crippen LogP contribution in [-0.4, -0.2) is 17.2 Å². The number of nitrogens with zero attached hydrogens (tertiary/aromatic N) is 3. The number of hydrazine groups is 1. The molecular formula is C6H6N4. The highest BCUT2D eigenvalue weighted by Gasteiger charge is 2.16. The third kappa shape index (κ3) is 0.621. The van der Waals surface area contributed by atoms with Crippen molar-refractivity contribution in [2.24, 2.45) is 9.98 Å². The highest BCUT2D eigenvalue weighted by molar-refractivity contribution is 5.95. The quantitative estimate of drug-likeness (QED) is 0.515. The minimum atomic E-state index is 0.624. The molecule has 10 heavy (non-hydrogen) atoms. The van der Waals surface area contributed by atoms with E-state index in [0.717, 1.165) is 0 Å². The zero-order chi connectivity index (χ0) is 6.97. The lowest BCUT2D eigenvalue weighted by atomic mass is 10.6. The maximum absolute atomic E-state index is 4.00. The number of hydrogen-bond acceptors (Lipinski definition) is 4. The Balaban J connectivity index is 2.37. The first-order valence-corrected chi connectivity index (χ1v) is 2.90. The number of nitrogens with one attached hydrogen (secondary N) is 1. The summed E-state index contributed by atoms with van der Waals surface area (Å²) in [6.45, 7) is 3.63. The number of hydrogen-bond donors (Lipinski definition) is 1. The van der Waals surface area contributed by atoms with E-state index in [4.69, 9.17) is 0 Å². The van der Waals surface area contributed by atoms with Crippen LogP contribution in [0.5, 0.6) is 0 Å². The van der Waals surface area contributed by atoms with Gasteiger partial charge >= 0.3 is 0 Å². The smallest absolute Gasteiger partial charge is 0.250 e. The Morgan fingerprint density at radius 3 is 3.30 bits per heavy atom. The fourth-order valence-corrected chi connectivity index (χ4v) is 0.818. The summed E-state index contributed by atoms with van der Waals surface area (Å²) in [5, 5.41) is 1.71. The van der Waals surface area contributed by atoms with Gasteiger partial charge in [-0.25, -0.2) is 10.0 Å². The molecule has 0 spiro atoms. The first-order valence-electron chi connectivity index (χ1n) is 2.90. The fourth-order valence-electron chi connectivity index (χ4n) is 0.818. The van der Waals surface area contributed by atoms with Crippen molar-refractivity contribution >= 4 is 12.2 Å². The minimum absolute atomic E-state index is 0.624. The average molecular weight is 134 g/mol. The van der Waals surface area contributed by atoms with Crippen molar-refractivity contribution in [3.63, 3.8) is 0 Å². The molecule has 50 valence electrons. The molecule has 4 heteroatoms. The van der Waals surface area contributed by atoms with Crippen molar-refractivity contribution in [3.8, 4) is 0 Å². The standard InChI is InChI=1S/C6H6N4/c1-5-8-6-7-3-2-4-10(6)9-5/h2-4,9H,1H2. The maximum atomic E-state index is 4.00. The van der Waals surface area contributed by atoms with Crippen LogP contribution >= 0.6 is 0 Å². The van der Waals surface area contributed by atoms with Gasteiger partial charge in [0.05, 0.1) is 0 Å². The summed E-state index contributed by atoms with van der Waals surface area (Å²) in [5.41, 5.74) is 2.89. The van der Waals surface area contributed by atoms with Crippen LogP contribution in [0.4, 0.5) is 0 Å². The van der Waals surface area contributed by atoms with Gasteiger partial charge in [-0.15, -0.1) is 0 Å². The van der Waals surface area contributed by atoms with Gasteiger partial charge < -0.3 is 0 Å². The van der Waals surface area contributed by atoms with Crippen LogP contribution in [0.15, 0.2) is 34.7 Å². The summed E-state index contributed by atoms with van der Waals surface area (Å²) >= 11 is 0. The molecule has 2 aliphatic rings. The molecule has 0 aliphatic carbocycles. The molecule has 0 radical (unpaired) electrons. The van der Waals surface area contributed by atoms with Crippen molar-refractivity contribution in [1.29, 1.82) is 0 Å². The summed E-state index contributed by atoms with van der Waals surface area (Å²) in [6, 6.07) is 0. The highest BCUT2D eigenvalue weighted by atomic mass is 15.6. The van der Waals surface area contributed by atoms with Gasteiger partial charge in [-0.1, -0.05) is 6.58 Å². The van der Waals surface area contributed by atoms with Crippen LogP contribution < -0.4 is 5.43 Å². The van der Waals surface area contributed by atoms with Crippen molar-refractivity contribution in [1.82, 2.24) is 10.4 Å². The highest BCUT2D eigenvalue weighted by Crippen LogP contribution is 2.07. The molecular weight excluding hydrogens is 128 g/mol. The molecule has 0 unspecified atom stereocenters. The van der Waals surface area contributed by atoms with Crippen molar-refractivity contribution in [2.75, 3.05) is 0 Å². The van der Waals surface area contributed by atoms with Gasteiger partial charge in [-0.05, 0) is 6.08 Å². The molecule has 1 N–H and O–H groups in total. The summed E-state index contributed by atoms with van der Waals surface area (Å²) in [6.07, 6.45) is 5.35. The van der Waals surface area contributed by atoms with Gasteiger partial charge in [-0.2, -0.15) is 4.99 Å². The molecule has 2 aliphatic heterocycles. The van der Waals surface area contributed by atoms with Crippen LogP contribution in [0.3, 0.4) is 0 Å². The van der Waals surface area contributed by atoms with Crippen LogP contribution in [0.2, 0.25) is 0 Å². The zero-order valence-electron chi connectivity index (χ0n) is 5.28. The number of rotatable bonds is 0. The van der Waals surface area contributed by atoms with Crippen molar-refractivity contribution in [2.45, 2.75) is 0 Å². The fraction of sp³-hybridized carbons (Fsp3) is 0. The molecule has 0 aromatic carbocycles. The van der Waals surface area contributed by atoms with Crippen LogP contribution in [0.1, 0.15) is 0 Å². The topological polar surface area (TPSA) is 40.0 Å². The molecule has 0 bridgehead atoms. The second-order valence-corrected chi connectivity index (χ2v) is 1.96. The lowest BCUT2D eigenvalue weighted by molar-refractivity contribution is 0.483. The van der Waals surface area contributed by atoms with Gasteiger partial charge in [0.15, 0.2) is 0 Å². The second-order valence-electron chi connectivity index (χ2n) is 1.96. The van der Waals surface area contributed by atoms with E-state index in [-0.39, 0.29) is 0 Å². The Labute approximate surface area is 58.2 Å². The monoisotopic (exact) mass is 134 g/mol. The van der Waals surface area contributed by atoms with E-state index in [1.54, 1.807) is 11.2 Å². The largest absolute Gasteiger partial charge is 0.275 e. The van der Waals surface area contributed by atoms with Crippen LogP contribution in [-0.2, 0) is 0 Å². The number of guanidine groups is 1. The Hall–Kier alpha value is -1.58. The van der Waals surface area contributed by atoms with Crippen LogP contribution in [0, 0.1) is 0 Å². The van der Waals surface area contributed by atoms with Crippen LogP contribution in [0.25, 0.3) is 0 Å². The Morgan fingerprint density at radius 1 is 1.60 bits per heavy atom. The van der Waals surface area contributed by atoms with Crippen molar-refractivity contribution < 1.29 is 0 Å². The molecule has 2 rings (SSSR count). The predicted molar refractivity (Wildman–Crippen MR) is 39.2 cm³/mol. The third-order valence-corrected chi connectivity index (χ3v) is 1.21. The zero-order valence-corrected chi connectivity index (χ0v) is 5.28. The van der Waals surface area contributed by atoms with E-state index in [1.165, 1.54) is 0 Å². The van der Waals surface area contributed by atoms with E-state index in [9.17, 15) is 0 Å². The van der Waals surface area contributed by atoms with Gasteiger partial charge in [0.2, 0.25) is 0 Å². The Bertz CT molecular complexity index is 261. The van der Waals surface area contributed by atoms with Gasteiger partial charge in [0, 0.05) is 12.4 Å². The van der Waals surface area contributed by atoms with Gasteiger partial charge in [0.1, 0.15) is 5.82 Å². The average Bonchev–Trinajstić information content (AvgIpc) is 2.27. The first-order chi connectivity index (χ1) is 4.86. The second kappa shape index (κ2) is 1.70. The van der Waals surface area contributed by atoms with Crippen molar-refractivity contribution in [3.05, 3.63) is 24.7 Å². The Morgan fingerprint density at radius 2 is 2.50 bits per heavy atom. The molecule has 0 atom stereocenters. The lowest BCUT2D eigenvalue weighted by Crippen LogP contribution is -2.31. The third-order valence-electron chi connectivity index (χ3n) is 1.21. The molecule has 0 amide bonds. The molecule has 0 aromatic heterocycles. The maximum Gasteiger partial charge on any atom is 0.250 e. The molecule has 0 fully saturated rings. The van der Waals surface area contributed by atoms with E-state index >= 15 is 0 Å². The van der Waals surface area contributed by atoms with Gasteiger partial charge in [0.25, 0.3) is 5.96 Å². The summed E-state index contributed by atoms with van der Waals surface area (Å²) in [7, 11) is 0. The normalized spacial score (nSPS) is 20.6. The lowest BCUT2D eigenvalue weighted by Gasteiger charge is -2.13. The van der Waals surface area contributed by atoms with E-state index in [2.05, 4.69) is 22.0 Å². The summed E-state index contributed by atoms with van der Waals surface area (Å²) in [4.78, 5) is 7.98. The number of fused-ring (bicyclic) bond motifs is 1. The number of aliphatic imine (C=N–C) groups is 2. The number of allylic oxidation sites excluding steroid dienone is 1. The van der Waals surface area contributed by atoms with Gasteiger partial charge in [-0.3, -0.25) is 5.43 Å². The summed E-state index contributed by atoms with van der Waals surface area (Å²) < 4.78 is 0. The molecule has 0 aromatic rings. The Kier molecular flexibility index (Phi) is 0.887. The molecule has 0 saturated carbocycles. The molecule has 2 heterocycles.